The number of H-pyrrole nitrogens is 1. The summed E-state index contributed by atoms with van der Waals surface area (Å²) in [5.74, 6) is 0.545. The number of nitrogens with two attached hydrogens (primary N) is 1. The Morgan fingerprint density at radius 2 is 1.97 bits per heavy atom. The molecule has 0 amide bonds. The quantitative estimate of drug-likeness (QED) is 0.255. The predicted octanol–water partition coefficient (Wildman–Crippen LogP) is 2.56. The number of anilines is 1. The SMILES string of the molecule is Cn1ncc2c3cc4c(CN)n[nH]c(=O)c4cc3c3c(N4CCC(O)C4)cc(OC4CC4)c(C#N)c3c21. The second-order valence-corrected chi connectivity index (χ2v) is 10.0. The van der Waals surface area contributed by atoms with Crippen molar-refractivity contribution < 1.29 is 9.84 Å². The number of nitrogens with zero attached hydrogens (tertiary/aromatic N) is 5. The first kappa shape index (κ1) is 22.0. The van der Waals surface area contributed by atoms with Crippen molar-refractivity contribution in [2.75, 3.05) is 18.0 Å². The number of fused-ring (bicyclic) bond motifs is 7. The molecule has 1 unspecified atom stereocenters. The van der Waals surface area contributed by atoms with Gasteiger partial charge in [0.1, 0.15) is 17.4 Å². The van der Waals surface area contributed by atoms with Crippen LogP contribution >= 0.6 is 0 Å². The first-order chi connectivity index (χ1) is 18.0. The number of aliphatic hydroxyl groups excluding tert-OH is 1. The molecule has 0 radical (unpaired) electrons. The molecule has 1 saturated heterocycles. The van der Waals surface area contributed by atoms with Gasteiger partial charge in [0, 0.05) is 60.0 Å². The van der Waals surface area contributed by atoms with Crippen LogP contribution in [0.4, 0.5) is 5.69 Å². The Bertz CT molecular complexity index is 1860. The molecular formula is C27H25N7O3. The van der Waals surface area contributed by atoms with E-state index in [1.54, 1.807) is 10.9 Å². The number of β-amino-alcohol motifs (C(OH)–C–C–N with tert-alkyl or cyclic N) is 1. The Morgan fingerprint density at radius 3 is 2.68 bits per heavy atom. The van der Waals surface area contributed by atoms with Crippen LogP contribution in [0.1, 0.15) is 30.5 Å². The lowest BCUT2D eigenvalue weighted by atomic mass is 9.91. The Kier molecular flexibility index (Phi) is 4.70. The van der Waals surface area contributed by atoms with Crippen LogP contribution in [-0.2, 0) is 13.6 Å². The first-order valence-electron chi connectivity index (χ1n) is 12.5. The molecule has 10 heteroatoms. The molecule has 3 heterocycles. The number of benzene rings is 3. The number of aryl methyl sites for hydroxylation is 1. The average molecular weight is 496 g/mol. The highest BCUT2D eigenvalue weighted by molar-refractivity contribution is 6.30. The number of rotatable bonds is 4. The standard InChI is InChI=1S/C27H25N7O3/c1-33-26-20(11-30-33)15-6-16-18(27(36)32-31-21(16)10-29)7-17(15)24-22(34-5-4-13(35)12-34)8-23(37-14-2-3-14)19(9-28)25(24)26/h6-8,11,13-14,35H,2-5,10,12,29H2,1H3,(H,32,36). The molecule has 1 aliphatic heterocycles. The summed E-state index contributed by atoms with van der Waals surface area (Å²) in [7, 11) is 1.86. The van der Waals surface area contributed by atoms with E-state index in [0.29, 0.717) is 47.3 Å². The molecule has 186 valence electrons. The largest absolute Gasteiger partial charge is 0.489 e. The summed E-state index contributed by atoms with van der Waals surface area (Å²) in [5, 5.41) is 37.4. The molecule has 2 aromatic heterocycles. The van der Waals surface area contributed by atoms with Crippen LogP contribution in [0.25, 0.3) is 43.2 Å². The van der Waals surface area contributed by atoms with Gasteiger partial charge in [-0.1, -0.05) is 0 Å². The third-order valence-corrected chi connectivity index (χ3v) is 7.64. The fraction of sp³-hybridized carbons (Fsp3) is 0.333. The Hall–Kier alpha value is -4.20. The molecule has 7 rings (SSSR count). The average Bonchev–Trinajstić information content (AvgIpc) is 3.47. The molecule has 2 aliphatic rings. The van der Waals surface area contributed by atoms with E-state index in [2.05, 4.69) is 26.3 Å². The minimum absolute atomic E-state index is 0.105. The molecule has 0 spiro atoms. The highest BCUT2D eigenvalue weighted by Gasteiger charge is 2.30. The van der Waals surface area contributed by atoms with Crippen molar-refractivity contribution >= 4 is 48.9 Å². The van der Waals surface area contributed by atoms with Gasteiger partial charge in [0.2, 0.25) is 0 Å². The van der Waals surface area contributed by atoms with Crippen LogP contribution in [0.3, 0.4) is 0 Å². The zero-order chi connectivity index (χ0) is 25.4. The van der Waals surface area contributed by atoms with Gasteiger partial charge in [-0.3, -0.25) is 9.48 Å². The van der Waals surface area contributed by atoms with Gasteiger partial charge in [0.15, 0.2) is 0 Å². The van der Waals surface area contributed by atoms with Crippen molar-refractivity contribution in [1.82, 2.24) is 20.0 Å². The van der Waals surface area contributed by atoms with Gasteiger partial charge in [-0.2, -0.15) is 15.5 Å². The maximum atomic E-state index is 12.9. The van der Waals surface area contributed by atoms with E-state index in [4.69, 9.17) is 10.5 Å². The molecule has 1 atom stereocenters. The summed E-state index contributed by atoms with van der Waals surface area (Å²) in [4.78, 5) is 15.0. The van der Waals surface area contributed by atoms with Crippen LogP contribution in [0.2, 0.25) is 0 Å². The normalized spacial score (nSPS) is 17.9. The highest BCUT2D eigenvalue weighted by Crippen LogP contribution is 2.47. The number of nitrogens with one attached hydrogen (secondary N) is 1. The molecule has 3 aromatic carbocycles. The topological polar surface area (TPSA) is 146 Å². The minimum Gasteiger partial charge on any atom is -0.489 e. The van der Waals surface area contributed by atoms with E-state index in [1.165, 1.54) is 0 Å². The van der Waals surface area contributed by atoms with E-state index in [0.717, 1.165) is 51.0 Å². The lowest BCUT2D eigenvalue weighted by Crippen LogP contribution is -2.22. The third-order valence-electron chi connectivity index (χ3n) is 7.64. The van der Waals surface area contributed by atoms with Gasteiger partial charge in [0.05, 0.1) is 35.0 Å². The Labute approximate surface area is 210 Å². The lowest BCUT2D eigenvalue weighted by molar-refractivity contribution is 0.198. The van der Waals surface area contributed by atoms with Gasteiger partial charge in [-0.25, -0.2) is 5.10 Å². The molecule has 5 aromatic rings. The third kappa shape index (κ3) is 3.21. The molecule has 4 N–H and O–H groups in total. The number of nitriles is 1. The van der Waals surface area contributed by atoms with E-state index in [-0.39, 0.29) is 18.2 Å². The molecule has 1 saturated carbocycles. The van der Waals surface area contributed by atoms with Crippen molar-refractivity contribution in [3.8, 4) is 11.8 Å². The fourth-order valence-corrected chi connectivity index (χ4v) is 5.72. The summed E-state index contributed by atoms with van der Waals surface area (Å²) >= 11 is 0. The summed E-state index contributed by atoms with van der Waals surface area (Å²) in [5.41, 5.74) is 8.39. The van der Waals surface area contributed by atoms with Gasteiger partial charge in [-0.15, -0.1) is 0 Å². The van der Waals surface area contributed by atoms with Crippen molar-refractivity contribution in [3.05, 3.63) is 46.0 Å². The maximum absolute atomic E-state index is 12.9. The van der Waals surface area contributed by atoms with Gasteiger partial charge >= 0.3 is 0 Å². The summed E-state index contributed by atoms with van der Waals surface area (Å²) in [6, 6.07) is 8.18. The van der Waals surface area contributed by atoms with Gasteiger partial charge in [0.25, 0.3) is 5.56 Å². The molecule has 10 nitrogen and oxygen atoms in total. The van der Waals surface area contributed by atoms with E-state index < -0.39 is 6.10 Å². The van der Waals surface area contributed by atoms with E-state index in [9.17, 15) is 15.2 Å². The monoisotopic (exact) mass is 495 g/mol. The zero-order valence-corrected chi connectivity index (χ0v) is 20.3. The van der Waals surface area contributed by atoms with Gasteiger partial charge < -0.3 is 20.5 Å². The molecule has 1 aliphatic carbocycles. The fourth-order valence-electron chi connectivity index (χ4n) is 5.72. The number of hydrogen-bond acceptors (Lipinski definition) is 8. The first-order valence-corrected chi connectivity index (χ1v) is 12.5. The van der Waals surface area contributed by atoms with Crippen LogP contribution < -0.4 is 20.9 Å². The summed E-state index contributed by atoms with van der Waals surface area (Å²) in [6.45, 7) is 1.33. The number of aliphatic hydroxyl groups is 1. The molecule has 2 fully saturated rings. The van der Waals surface area contributed by atoms with E-state index in [1.807, 2.05) is 25.2 Å². The van der Waals surface area contributed by atoms with Crippen molar-refractivity contribution in [2.24, 2.45) is 12.8 Å². The number of aromatic nitrogens is 4. The smallest absolute Gasteiger partial charge is 0.272 e. The second kappa shape index (κ2) is 7.90. The highest BCUT2D eigenvalue weighted by atomic mass is 16.5. The predicted molar refractivity (Wildman–Crippen MR) is 141 cm³/mol. The van der Waals surface area contributed by atoms with Crippen molar-refractivity contribution in [1.29, 1.82) is 5.26 Å². The van der Waals surface area contributed by atoms with E-state index >= 15 is 0 Å². The van der Waals surface area contributed by atoms with Crippen LogP contribution in [0.5, 0.6) is 5.75 Å². The number of hydrogen-bond donors (Lipinski definition) is 3. The second-order valence-electron chi connectivity index (χ2n) is 10.0. The van der Waals surface area contributed by atoms with Crippen molar-refractivity contribution in [3.63, 3.8) is 0 Å². The van der Waals surface area contributed by atoms with Crippen LogP contribution in [-0.4, -0.2) is 50.4 Å². The number of ether oxygens (including phenoxy) is 1. The molecule has 0 bridgehead atoms. The number of aromatic amines is 1. The maximum Gasteiger partial charge on any atom is 0.272 e. The Morgan fingerprint density at radius 1 is 1.16 bits per heavy atom. The molecular weight excluding hydrogens is 470 g/mol. The summed E-state index contributed by atoms with van der Waals surface area (Å²) < 4.78 is 8.04. The van der Waals surface area contributed by atoms with Crippen molar-refractivity contribution in [2.45, 2.75) is 38.0 Å². The van der Waals surface area contributed by atoms with Crippen LogP contribution in [0.15, 0.2) is 29.2 Å². The zero-order valence-electron chi connectivity index (χ0n) is 20.3. The summed E-state index contributed by atoms with van der Waals surface area (Å²) in [6.07, 6.45) is 4.04. The Balaban J connectivity index is 1.73. The van der Waals surface area contributed by atoms with Crippen LogP contribution in [0, 0.1) is 11.3 Å². The molecule has 37 heavy (non-hydrogen) atoms. The minimum atomic E-state index is -0.438. The van der Waals surface area contributed by atoms with Gasteiger partial charge in [-0.05, 0) is 42.2 Å². The lowest BCUT2D eigenvalue weighted by Gasteiger charge is -2.24.